The lowest BCUT2D eigenvalue weighted by atomic mass is 10.2. The van der Waals surface area contributed by atoms with Gasteiger partial charge < -0.3 is 19.5 Å². The highest BCUT2D eigenvalue weighted by atomic mass is 32.2. The number of rotatable bonds is 10. The number of nitrogens with zero attached hydrogens (tertiary/aromatic N) is 2. The lowest BCUT2D eigenvalue weighted by Crippen LogP contribution is -2.07. The second-order valence-electron chi connectivity index (χ2n) is 7.24. The Morgan fingerprint density at radius 3 is 1.49 bits per heavy atom. The summed E-state index contributed by atoms with van der Waals surface area (Å²) in [6, 6.07) is 13.4. The molecule has 0 aliphatic rings. The number of anilines is 2. The largest absolute Gasteiger partial charge is 0.467 e. The Bertz CT molecular complexity index is 1360. The van der Waals surface area contributed by atoms with Gasteiger partial charge in [-0.15, -0.1) is 0 Å². The van der Waals surface area contributed by atoms with E-state index in [-0.39, 0.29) is 34.3 Å². The summed E-state index contributed by atoms with van der Waals surface area (Å²) in [5.74, 6) is 1.06. The van der Waals surface area contributed by atoms with Gasteiger partial charge in [0, 0.05) is 12.1 Å². The van der Waals surface area contributed by atoms with Crippen LogP contribution in [-0.4, -0.2) is 18.3 Å². The standard InChI is InChI=1S/C22H18N4O8S/c27-25(28)21-11-17(5-7-19(21)23-13-15-3-1-9-33-15)35(31,32)18-6-8-20(22(12-18)26(29)30)24-14-16-4-2-10-34-16/h1-12,23-24H,13-14H2. The molecule has 0 amide bonds. The number of hydrogen-bond acceptors (Lipinski definition) is 10. The van der Waals surface area contributed by atoms with Gasteiger partial charge in [-0.3, -0.25) is 20.2 Å². The highest BCUT2D eigenvalue weighted by Gasteiger charge is 2.26. The molecule has 2 aromatic heterocycles. The summed E-state index contributed by atoms with van der Waals surface area (Å²) < 4.78 is 36.7. The van der Waals surface area contributed by atoms with Crippen LogP contribution in [0.25, 0.3) is 0 Å². The average molecular weight is 498 g/mol. The van der Waals surface area contributed by atoms with Crippen molar-refractivity contribution >= 4 is 32.6 Å². The molecule has 2 heterocycles. The highest BCUT2D eigenvalue weighted by molar-refractivity contribution is 7.91. The van der Waals surface area contributed by atoms with E-state index in [2.05, 4.69) is 10.6 Å². The zero-order valence-corrected chi connectivity index (χ0v) is 18.7. The van der Waals surface area contributed by atoms with E-state index in [4.69, 9.17) is 8.83 Å². The predicted molar refractivity (Wildman–Crippen MR) is 124 cm³/mol. The second-order valence-corrected chi connectivity index (χ2v) is 9.19. The van der Waals surface area contributed by atoms with Gasteiger partial charge in [-0.05, 0) is 48.5 Å². The van der Waals surface area contributed by atoms with Crippen LogP contribution in [0.15, 0.2) is 91.8 Å². The highest BCUT2D eigenvalue weighted by Crippen LogP contribution is 2.34. The SMILES string of the molecule is O=[N+]([O-])c1cc(S(=O)(=O)c2ccc(NCc3ccco3)c([N+](=O)[O-])c2)ccc1NCc1ccco1. The van der Waals surface area contributed by atoms with Gasteiger partial charge in [0.2, 0.25) is 9.84 Å². The van der Waals surface area contributed by atoms with Crippen molar-refractivity contribution in [2.75, 3.05) is 10.6 Å². The predicted octanol–water partition coefficient (Wildman–Crippen LogP) is 4.75. The van der Waals surface area contributed by atoms with Crippen LogP contribution in [0.4, 0.5) is 22.7 Å². The first-order valence-electron chi connectivity index (χ1n) is 10.1. The summed E-state index contributed by atoms with van der Waals surface area (Å²) in [7, 11) is -4.30. The van der Waals surface area contributed by atoms with Crippen molar-refractivity contribution in [2.24, 2.45) is 0 Å². The van der Waals surface area contributed by atoms with Gasteiger partial charge in [-0.2, -0.15) is 0 Å². The molecule has 2 N–H and O–H groups in total. The molecule has 180 valence electrons. The third-order valence-corrected chi connectivity index (χ3v) is 6.77. The minimum Gasteiger partial charge on any atom is -0.467 e. The van der Waals surface area contributed by atoms with Gasteiger partial charge in [0.15, 0.2) is 0 Å². The third-order valence-electron chi connectivity index (χ3n) is 5.02. The maximum absolute atomic E-state index is 13.2. The molecule has 0 fully saturated rings. The van der Waals surface area contributed by atoms with E-state index in [1.165, 1.54) is 36.8 Å². The summed E-state index contributed by atoms with van der Waals surface area (Å²) in [4.78, 5) is 21.0. The second kappa shape index (κ2) is 9.69. The fraction of sp³-hybridized carbons (Fsp3) is 0.0909. The van der Waals surface area contributed by atoms with E-state index in [1.54, 1.807) is 24.3 Å². The lowest BCUT2D eigenvalue weighted by Gasteiger charge is -2.10. The number of hydrogen-bond donors (Lipinski definition) is 2. The fourth-order valence-corrected chi connectivity index (χ4v) is 4.59. The van der Waals surface area contributed by atoms with Gasteiger partial charge in [-0.25, -0.2) is 8.42 Å². The van der Waals surface area contributed by atoms with Crippen LogP contribution in [0, 0.1) is 20.2 Å². The Hall–Kier alpha value is -4.65. The van der Waals surface area contributed by atoms with Crippen LogP contribution in [0.5, 0.6) is 0 Å². The van der Waals surface area contributed by atoms with Crippen LogP contribution >= 0.6 is 0 Å². The molecule has 4 rings (SSSR count). The normalized spacial score (nSPS) is 11.2. The third kappa shape index (κ3) is 5.14. The molecule has 0 aliphatic carbocycles. The summed E-state index contributed by atoms with van der Waals surface area (Å²) in [5.41, 5.74) is -0.754. The Morgan fingerprint density at radius 2 is 1.14 bits per heavy atom. The van der Waals surface area contributed by atoms with Crippen molar-refractivity contribution < 1.29 is 27.1 Å². The zero-order chi connectivity index (χ0) is 25.0. The van der Waals surface area contributed by atoms with Crippen LogP contribution in [-0.2, 0) is 22.9 Å². The molecule has 12 nitrogen and oxygen atoms in total. The van der Waals surface area contributed by atoms with E-state index in [9.17, 15) is 28.6 Å². The summed E-state index contributed by atoms with van der Waals surface area (Å²) in [6.07, 6.45) is 2.91. The molecule has 0 radical (unpaired) electrons. The first-order chi connectivity index (χ1) is 16.8. The maximum Gasteiger partial charge on any atom is 0.293 e. The van der Waals surface area contributed by atoms with Gasteiger partial charge in [0.25, 0.3) is 11.4 Å². The van der Waals surface area contributed by atoms with Gasteiger partial charge in [-0.1, -0.05) is 0 Å². The molecular formula is C22H18N4O8S. The minimum absolute atomic E-state index is 0.0915. The van der Waals surface area contributed by atoms with E-state index in [0.29, 0.717) is 11.5 Å². The van der Waals surface area contributed by atoms with Gasteiger partial charge in [0.05, 0.1) is 45.3 Å². The van der Waals surface area contributed by atoms with Crippen LogP contribution in [0.3, 0.4) is 0 Å². The van der Waals surface area contributed by atoms with Crippen LogP contribution < -0.4 is 10.6 Å². The summed E-state index contributed by atoms with van der Waals surface area (Å²) >= 11 is 0. The molecule has 0 atom stereocenters. The van der Waals surface area contributed by atoms with Crippen LogP contribution in [0.2, 0.25) is 0 Å². The smallest absolute Gasteiger partial charge is 0.293 e. The Balaban J connectivity index is 1.63. The molecule has 4 aromatic rings. The van der Waals surface area contributed by atoms with Crippen molar-refractivity contribution in [3.05, 3.63) is 105 Å². The van der Waals surface area contributed by atoms with Crippen LogP contribution in [0.1, 0.15) is 11.5 Å². The molecule has 35 heavy (non-hydrogen) atoms. The maximum atomic E-state index is 13.2. The van der Waals surface area contributed by atoms with E-state index in [0.717, 1.165) is 12.1 Å². The fourth-order valence-electron chi connectivity index (χ4n) is 3.29. The van der Waals surface area contributed by atoms with Crippen molar-refractivity contribution in [3.63, 3.8) is 0 Å². The molecule has 0 bridgehead atoms. The van der Waals surface area contributed by atoms with E-state index >= 15 is 0 Å². The quantitative estimate of drug-likeness (QED) is 0.230. The zero-order valence-electron chi connectivity index (χ0n) is 17.9. The van der Waals surface area contributed by atoms with Gasteiger partial charge >= 0.3 is 0 Å². The summed E-state index contributed by atoms with van der Waals surface area (Å²) in [6.45, 7) is 0.303. The molecular weight excluding hydrogens is 480 g/mol. The molecule has 0 unspecified atom stereocenters. The molecule has 0 aliphatic heterocycles. The number of nitro benzene ring substituents is 2. The lowest BCUT2D eigenvalue weighted by molar-refractivity contribution is -0.384. The average Bonchev–Trinajstić information content (AvgIpc) is 3.55. The Morgan fingerprint density at radius 1 is 0.714 bits per heavy atom. The number of nitrogens with one attached hydrogen (secondary N) is 2. The topological polar surface area (TPSA) is 171 Å². The Labute approximate surface area is 198 Å². The first-order valence-corrected chi connectivity index (χ1v) is 11.6. The summed E-state index contributed by atoms with van der Waals surface area (Å²) in [5, 5.41) is 28.9. The Kier molecular flexibility index (Phi) is 6.51. The molecule has 2 aromatic carbocycles. The number of benzene rings is 2. The molecule has 0 saturated heterocycles. The number of sulfone groups is 1. The van der Waals surface area contributed by atoms with E-state index < -0.39 is 31.1 Å². The molecule has 0 spiro atoms. The number of nitro groups is 2. The van der Waals surface area contributed by atoms with Crippen molar-refractivity contribution in [2.45, 2.75) is 22.9 Å². The monoisotopic (exact) mass is 498 g/mol. The molecule has 0 saturated carbocycles. The van der Waals surface area contributed by atoms with Crippen molar-refractivity contribution in [1.82, 2.24) is 0 Å². The molecule has 13 heteroatoms. The van der Waals surface area contributed by atoms with E-state index in [1.807, 2.05) is 0 Å². The number of furan rings is 2. The first kappa shape index (κ1) is 23.5. The van der Waals surface area contributed by atoms with Gasteiger partial charge in [0.1, 0.15) is 22.9 Å². The van der Waals surface area contributed by atoms with Crippen molar-refractivity contribution in [1.29, 1.82) is 0 Å². The minimum atomic E-state index is -4.30. The van der Waals surface area contributed by atoms with Crippen molar-refractivity contribution in [3.8, 4) is 0 Å².